The van der Waals surface area contributed by atoms with Crippen LogP contribution in [-0.4, -0.2) is 50.2 Å². The Kier molecular flexibility index (Phi) is 4.31. The molecule has 0 fully saturated rings. The number of rotatable bonds is 6. The van der Waals surface area contributed by atoms with E-state index in [9.17, 15) is 0 Å². The fraction of sp³-hybridized carbons (Fsp3) is 0.615. The van der Waals surface area contributed by atoms with Crippen LogP contribution in [0, 0.1) is 6.92 Å². The Hall–Kier alpha value is -1.69. The molecule has 1 atom stereocenters. The molecule has 0 spiro atoms. The van der Waals surface area contributed by atoms with Crippen LogP contribution in [0.1, 0.15) is 26.5 Å². The average molecular weight is 262 g/mol. The van der Waals surface area contributed by atoms with E-state index in [0.717, 1.165) is 31.1 Å². The Morgan fingerprint density at radius 1 is 1.37 bits per heavy atom. The summed E-state index contributed by atoms with van der Waals surface area (Å²) in [6.07, 6.45) is 1.53. The zero-order valence-corrected chi connectivity index (χ0v) is 12.1. The number of nitrogens with zero attached hydrogens (tertiary/aromatic N) is 5. The summed E-state index contributed by atoms with van der Waals surface area (Å²) >= 11 is 0. The molecule has 0 aliphatic rings. The molecule has 0 aromatic carbocycles. The van der Waals surface area contributed by atoms with Crippen LogP contribution in [0.4, 0.5) is 5.82 Å². The van der Waals surface area contributed by atoms with Crippen LogP contribution < -0.4 is 5.32 Å². The summed E-state index contributed by atoms with van der Waals surface area (Å²) in [4.78, 5) is 10.9. The molecule has 6 heteroatoms. The van der Waals surface area contributed by atoms with Crippen LogP contribution in [-0.2, 0) is 0 Å². The van der Waals surface area contributed by atoms with Crippen molar-refractivity contribution in [1.82, 2.24) is 24.5 Å². The summed E-state index contributed by atoms with van der Waals surface area (Å²) in [5.41, 5.74) is 0.943. The Labute approximate surface area is 113 Å². The van der Waals surface area contributed by atoms with Gasteiger partial charge in [0.15, 0.2) is 0 Å². The van der Waals surface area contributed by atoms with Gasteiger partial charge in [0.2, 0.25) is 0 Å². The lowest BCUT2D eigenvalue weighted by Crippen LogP contribution is -2.37. The van der Waals surface area contributed by atoms with Crippen molar-refractivity contribution in [2.24, 2.45) is 0 Å². The highest BCUT2D eigenvalue weighted by molar-refractivity contribution is 5.44. The number of aryl methyl sites for hydroxylation is 1. The van der Waals surface area contributed by atoms with Gasteiger partial charge in [-0.3, -0.25) is 4.90 Å². The first-order valence-corrected chi connectivity index (χ1v) is 6.81. The smallest absolute Gasteiger partial charge is 0.254 e. The lowest BCUT2D eigenvalue weighted by atomic mass is 10.2. The van der Waals surface area contributed by atoms with Gasteiger partial charge in [0.05, 0.1) is 0 Å². The molecule has 104 valence electrons. The summed E-state index contributed by atoms with van der Waals surface area (Å²) in [5, 5.41) is 7.63. The van der Waals surface area contributed by atoms with Crippen molar-refractivity contribution in [3.8, 4) is 0 Å². The van der Waals surface area contributed by atoms with Crippen LogP contribution in [0.3, 0.4) is 0 Å². The van der Waals surface area contributed by atoms with E-state index < -0.39 is 0 Å². The molecule has 0 saturated carbocycles. The molecule has 1 N–H and O–H groups in total. The largest absolute Gasteiger partial charge is 0.368 e. The SMILES string of the molecule is CCN(CC)C(C)CNc1cc(C)nc2ncnn12. The second kappa shape index (κ2) is 5.97. The van der Waals surface area contributed by atoms with E-state index in [4.69, 9.17) is 0 Å². The van der Waals surface area contributed by atoms with Crippen molar-refractivity contribution in [2.45, 2.75) is 33.7 Å². The van der Waals surface area contributed by atoms with Crippen molar-refractivity contribution in [1.29, 1.82) is 0 Å². The number of fused-ring (bicyclic) bond motifs is 1. The van der Waals surface area contributed by atoms with Crippen LogP contribution in [0.5, 0.6) is 0 Å². The molecule has 2 rings (SSSR count). The molecule has 2 aromatic heterocycles. The molecule has 0 amide bonds. The minimum Gasteiger partial charge on any atom is -0.368 e. The molecule has 0 saturated heterocycles. The Balaban J connectivity index is 2.11. The topological polar surface area (TPSA) is 58.3 Å². The predicted molar refractivity (Wildman–Crippen MR) is 76.4 cm³/mol. The quantitative estimate of drug-likeness (QED) is 0.856. The van der Waals surface area contributed by atoms with Gasteiger partial charge in [0, 0.05) is 24.3 Å². The number of aromatic nitrogens is 4. The van der Waals surface area contributed by atoms with E-state index in [0.29, 0.717) is 11.8 Å². The van der Waals surface area contributed by atoms with Crippen LogP contribution in [0.2, 0.25) is 0 Å². The molecule has 2 aromatic rings. The number of nitrogens with one attached hydrogen (secondary N) is 1. The molecule has 6 nitrogen and oxygen atoms in total. The minimum atomic E-state index is 0.474. The van der Waals surface area contributed by atoms with E-state index >= 15 is 0 Å². The predicted octanol–water partition coefficient (Wildman–Crippen LogP) is 1.57. The van der Waals surface area contributed by atoms with Crippen LogP contribution >= 0.6 is 0 Å². The second-order valence-corrected chi connectivity index (χ2v) is 4.71. The van der Waals surface area contributed by atoms with Crippen molar-refractivity contribution in [3.05, 3.63) is 18.1 Å². The zero-order chi connectivity index (χ0) is 13.8. The highest BCUT2D eigenvalue weighted by Crippen LogP contribution is 2.10. The molecule has 2 heterocycles. The van der Waals surface area contributed by atoms with Gasteiger partial charge in [-0.15, -0.1) is 0 Å². The summed E-state index contributed by atoms with van der Waals surface area (Å²) in [7, 11) is 0. The maximum absolute atomic E-state index is 4.33. The maximum atomic E-state index is 4.33. The number of hydrogen-bond acceptors (Lipinski definition) is 5. The zero-order valence-electron chi connectivity index (χ0n) is 12.1. The van der Waals surface area contributed by atoms with Gasteiger partial charge in [-0.05, 0) is 26.9 Å². The van der Waals surface area contributed by atoms with E-state index in [1.165, 1.54) is 6.33 Å². The average Bonchev–Trinajstić information content (AvgIpc) is 2.85. The normalized spacial score (nSPS) is 13.1. The molecular formula is C13H22N6. The molecule has 0 aliphatic carbocycles. The van der Waals surface area contributed by atoms with Gasteiger partial charge in [-0.2, -0.15) is 14.6 Å². The highest BCUT2D eigenvalue weighted by atomic mass is 15.4. The fourth-order valence-corrected chi connectivity index (χ4v) is 2.28. The third kappa shape index (κ3) is 3.01. The fourth-order valence-electron chi connectivity index (χ4n) is 2.28. The summed E-state index contributed by atoms with van der Waals surface area (Å²) in [6.45, 7) is 11.6. The third-order valence-corrected chi connectivity index (χ3v) is 3.39. The molecule has 0 bridgehead atoms. The highest BCUT2D eigenvalue weighted by Gasteiger charge is 2.11. The van der Waals surface area contributed by atoms with Gasteiger partial charge >= 0.3 is 0 Å². The van der Waals surface area contributed by atoms with E-state index in [1.807, 2.05) is 13.0 Å². The monoisotopic (exact) mass is 262 g/mol. The van der Waals surface area contributed by atoms with E-state index in [-0.39, 0.29) is 0 Å². The van der Waals surface area contributed by atoms with Crippen molar-refractivity contribution in [3.63, 3.8) is 0 Å². The number of anilines is 1. The molecular weight excluding hydrogens is 240 g/mol. The van der Waals surface area contributed by atoms with Crippen molar-refractivity contribution >= 4 is 11.6 Å². The van der Waals surface area contributed by atoms with E-state index in [1.54, 1.807) is 4.52 Å². The summed E-state index contributed by atoms with van der Waals surface area (Å²) < 4.78 is 1.74. The van der Waals surface area contributed by atoms with Gasteiger partial charge < -0.3 is 5.32 Å². The second-order valence-electron chi connectivity index (χ2n) is 4.71. The molecule has 19 heavy (non-hydrogen) atoms. The van der Waals surface area contributed by atoms with Gasteiger partial charge in [0.1, 0.15) is 12.1 Å². The lowest BCUT2D eigenvalue weighted by molar-refractivity contribution is 0.240. The van der Waals surface area contributed by atoms with Gasteiger partial charge in [-0.1, -0.05) is 13.8 Å². The van der Waals surface area contributed by atoms with Crippen LogP contribution in [0.15, 0.2) is 12.4 Å². The van der Waals surface area contributed by atoms with Gasteiger partial charge in [-0.25, -0.2) is 4.98 Å². The number of hydrogen-bond donors (Lipinski definition) is 1. The summed E-state index contributed by atoms with van der Waals surface area (Å²) in [6, 6.07) is 2.47. The molecule has 0 radical (unpaired) electrons. The Bertz CT molecular complexity index is 531. The lowest BCUT2D eigenvalue weighted by Gasteiger charge is -2.26. The van der Waals surface area contributed by atoms with Crippen molar-refractivity contribution in [2.75, 3.05) is 25.0 Å². The van der Waals surface area contributed by atoms with Crippen LogP contribution in [0.25, 0.3) is 5.78 Å². The Morgan fingerprint density at radius 3 is 2.79 bits per heavy atom. The third-order valence-electron chi connectivity index (χ3n) is 3.39. The van der Waals surface area contributed by atoms with Crippen molar-refractivity contribution < 1.29 is 0 Å². The first-order valence-electron chi connectivity index (χ1n) is 6.81. The maximum Gasteiger partial charge on any atom is 0.254 e. The van der Waals surface area contributed by atoms with Gasteiger partial charge in [0.25, 0.3) is 5.78 Å². The first-order chi connectivity index (χ1) is 9.15. The van der Waals surface area contributed by atoms with E-state index in [2.05, 4.69) is 46.1 Å². The molecule has 1 unspecified atom stereocenters. The number of likely N-dealkylation sites (N-methyl/N-ethyl adjacent to an activating group) is 1. The molecule has 0 aliphatic heterocycles. The first kappa shape index (κ1) is 13.7. The standard InChI is InChI=1S/C13H22N6/c1-5-18(6-2)11(4)8-14-12-7-10(3)17-13-15-9-16-19(12)13/h7,9,11,14H,5-6,8H2,1-4H3. The summed E-state index contributed by atoms with van der Waals surface area (Å²) in [5.74, 6) is 1.58. The Morgan fingerprint density at radius 2 is 2.11 bits per heavy atom. The minimum absolute atomic E-state index is 0.474.